The van der Waals surface area contributed by atoms with Gasteiger partial charge in [-0.05, 0) is 18.8 Å². The van der Waals surface area contributed by atoms with Gasteiger partial charge in [-0.2, -0.15) is 0 Å². The summed E-state index contributed by atoms with van der Waals surface area (Å²) in [7, 11) is 0. The quantitative estimate of drug-likeness (QED) is 0.828. The molecule has 5 nitrogen and oxygen atoms in total. The summed E-state index contributed by atoms with van der Waals surface area (Å²) in [6.07, 6.45) is 8.50. The lowest BCUT2D eigenvalue weighted by Gasteiger charge is -2.33. The zero-order valence-corrected chi connectivity index (χ0v) is 12.3. The number of ether oxygens (including phenoxy) is 1. The Morgan fingerprint density at radius 1 is 1.55 bits per heavy atom. The number of amides is 1. The van der Waals surface area contributed by atoms with Gasteiger partial charge < -0.3 is 9.64 Å². The average Bonchev–Trinajstić information content (AvgIpc) is 2.48. The fourth-order valence-corrected chi connectivity index (χ4v) is 2.35. The lowest BCUT2D eigenvalue weighted by molar-refractivity contribution is -0.134. The number of nitrogens with zero attached hydrogens (tertiary/aromatic N) is 3. The maximum absolute atomic E-state index is 12.2. The first kappa shape index (κ1) is 14.8. The van der Waals surface area contributed by atoms with Crippen molar-refractivity contribution in [2.24, 2.45) is 5.92 Å². The molecule has 0 aliphatic carbocycles. The fraction of sp³-hybridized carbons (Fsp3) is 0.667. The first-order chi connectivity index (χ1) is 9.69. The van der Waals surface area contributed by atoms with E-state index < -0.39 is 0 Å². The van der Waals surface area contributed by atoms with E-state index in [1.807, 2.05) is 4.90 Å². The summed E-state index contributed by atoms with van der Waals surface area (Å²) in [5, 5.41) is 0. The van der Waals surface area contributed by atoms with Crippen molar-refractivity contribution < 1.29 is 9.53 Å². The van der Waals surface area contributed by atoms with E-state index in [0.717, 1.165) is 25.8 Å². The molecule has 0 spiro atoms. The van der Waals surface area contributed by atoms with Crippen LogP contribution in [0.3, 0.4) is 0 Å². The second-order valence-corrected chi connectivity index (χ2v) is 5.48. The van der Waals surface area contributed by atoms with Gasteiger partial charge in [0.1, 0.15) is 6.10 Å². The maximum atomic E-state index is 12.2. The van der Waals surface area contributed by atoms with Crippen molar-refractivity contribution in [3.05, 3.63) is 18.6 Å². The monoisotopic (exact) mass is 277 g/mol. The SMILES string of the molecule is CCC(C)CC(=O)N1CCCC(Oc2cnccn2)C1. The molecule has 1 fully saturated rings. The zero-order chi connectivity index (χ0) is 14.4. The number of hydrogen-bond donors (Lipinski definition) is 0. The molecule has 1 amide bonds. The first-order valence-electron chi connectivity index (χ1n) is 7.39. The van der Waals surface area contributed by atoms with Gasteiger partial charge in [0.25, 0.3) is 0 Å². The summed E-state index contributed by atoms with van der Waals surface area (Å²) in [5.74, 6) is 1.23. The molecule has 1 saturated heterocycles. The van der Waals surface area contributed by atoms with E-state index in [9.17, 15) is 4.79 Å². The summed E-state index contributed by atoms with van der Waals surface area (Å²) in [6, 6.07) is 0. The molecule has 0 bridgehead atoms. The molecule has 110 valence electrons. The molecule has 2 heterocycles. The summed E-state index contributed by atoms with van der Waals surface area (Å²) < 4.78 is 5.80. The van der Waals surface area contributed by atoms with Crippen LogP contribution in [0.5, 0.6) is 5.88 Å². The summed E-state index contributed by atoms with van der Waals surface area (Å²) in [6.45, 7) is 5.74. The van der Waals surface area contributed by atoms with Crippen LogP contribution in [0.2, 0.25) is 0 Å². The van der Waals surface area contributed by atoms with Gasteiger partial charge in [-0.15, -0.1) is 0 Å². The fourth-order valence-electron chi connectivity index (χ4n) is 2.35. The van der Waals surface area contributed by atoms with Crippen LogP contribution in [0.15, 0.2) is 18.6 Å². The van der Waals surface area contributed by atoms with Crippen LogP contribution in [-0.4, -0.2) is 40.0 Å². The zero-order valence-electron chi connectivity index (χ0n) is 12.3. The van der Waals surface area contributed by atoms with Gasteiger partial charge in [0.2, 0.25) is 11.8 Å². The minimum absolute atomic E-state index is 0.0290. The molecule has 0 aromatic carbocycles. The van der Waals surface area contributed by atoms with Crippen LogP contribution in [0, 0.1) is 5.92 Å². The number of likely N-dealkylation sites (tertiary alicyclic amines) is 1. The van der Waals surface area contributed by atoms with Gasteiger partial charge in [-0.25, -0.2) is 4.98 Å². The van der Waals surface area contributed by atoms with Crippen LogP contribution in [0.25, 0.3) is 0 Å². The molecule has 0 radical (unpaired) electrons. The highest BCUT2D eigenvalue weighted by molar-refractivity contribution is 5.76. The van der Waals surface area contributed by atoms with Gasteiger partial charge in [-0.3, -0.25) is 9.78 Å². The maximum Gasteiger partial charge on any atom is 0.232 e. The van der Waals surface area contributed by atoms with Crippen LogP contribution in [0.4, 0.5) is 0 Å². The lowest BCUT2D eigenvalue weighted by atomic mass is 10.0. The van der Waals surface area contributed by atoms with Crippen LogP contribution < -0.4 is 4.74 Å². The van der Waals surface area contributed by atoms with Crippen LogP contribution >= 0.6 is 0 Å². The largest absolute Gasteiger partial charge is 0.471 e. The second kappa shape index (κ2) is 7.22. The van der Waals surface area contributed by atoms with Gasteiger partial charge in [0.05, 0.1) is 12.7 Å². The molecule has 0 saturated carbocycles. The Balaban J connectivity index is 1.87. The van der Waals surface area contributed by atoms with E-state index in [0.29, 0.717) is 24.8 Å². The molecule has 1 aliphatic rings. The van der Waals surface area contributed by atoms with Crippen molar-refractivity contribution in [2.45, 2.75) is 45.6 Å². The highest BCUT2D eigenvalue weighted by Gasteiger charge is 2.25. The first-order valence-corrected chi connectivity index (χ1v) is 7.39. The standard InChI is InChI=1S/C15H23N3O2/c1-3-12(2)9-15(19)18-8-4-5-13(11-18)20-14-10-16-6-7-17-14/h6-7,10,12-13H,3-5,8-9,11H2,1-2H3. The smallest absolute Gasteiger partial charge is 0.232 e. The summed E-state index contributed by atoms with van der Waals surface area (Å²) in [5.41, 5.74) is 0. The molecule has 0 N–H and O–H groups in total. The summed E-state index contributed by atoms with van der Waals surface area (Å²) in [4.78, 5) is 22.2. The van der Waals surface area contributed by atoms with E-state index in [2.05, 4.69) is 23.8 Å². The third-order valence-electron chi connectivity index (χ3n) is 3.78. The normalized spacial score (nSPS) is 20.5. The van der Waals surface area contributed by atoms with Crippen LogP contribution in [-0.2, 0) is 4.79 Å². The van der Waals surface area contributed by atoms with Crippen molar-refractivity contribution in [1.29, 1.82) is 0 Å². The Bertz CT molecular complexity index is 424. The third kappa shape index (κ3) is 4.18. The topological polar surface area (TPSA) is 55.3 Å². The molecule has 1 aromatic rings. The number of aromatic nitrogens is 2. The van der Waals surface area contributed by atoms with E-state index in [4.69, 9.17) is 4.74 Å². The van der Waals surface area contributed by atoms with E-state index >= 15 is 0 Å². The molecule has 2 atom stereocenters. The highest BCUT2D eigenvalue weighted by atomic mass is 16.5. The predicted octanol–water partition coefficient (Wildman–Crippen LogP) is 2.28. The number of carbonyl (C=O) groups excluding carboxylic acids is 1. The second-order valence-electron chi connectivity index (χ2n) is 5.48. The Morgan fingerprint density at radius 3 is 3.10 bits per heavy atom. The number of piperidine rings is 1. The molecular formula is C15H23N3O2. The van der Waals surface area contributed by atoms with E-state index in [1.54, 1.807) is 18.6 Å². The number of rotatable bonds is 5. The third-order valence-corrected chi connectivity index (χ3v) is 3.78. The molecule has 1 aliphatic heterocycles. The van der Waals surface area contributed by atoms with E-state index in [1.165, 1.54) is 0 Å². The Kier molecular flexibility index (Phi) is 5.32. The van der Waals surface area contributed by atoms with Crippen molar-refractivity contribution in [1.82, 2.24) is 14.9 Å². The molecule has 2 rings (SSSR count). The Morgan fingerprint density at radius 2 is 2.40 bits per heavy atom. The summed E-state index contributed by atoms with van der Waals surface area (Å²) >= 11 is 0. The number of hydrogen-bond acceptors (Lipinski definition) is 4. The van der Waals surface area contributed by atoms with Crippen molar-refractivity contribution in [3.8, 4) is 5.88 Å². The average molecular weight is 277 g/mol. The van der Waals surface area contributed by atoms with Gasteiger partial charge in [0.15, 0.2) is 0 Å². The molecule has 5 heteroatoms. The van der Waals surface area contributed by atoms with Crippen molar-refractivity contribution >= 4 is 5.91 Å². The van der Waals surface area contributed by atoms with Crippen molar-refractivity contribution in [2.75, 3.05) is 13.1 Å². The number of carbonyl (C=O) groups is 1. The van der Waals surface area contributed by atoms with Crippen LogP contribution in [0.1, 0.15) is 39.5 Å². The van der Waals surface area contributed by atoms with Crippen molar-refractivity contribution in [3.63, 3.8) is 0 Å². The Labute approximate surface area is 120 Å². The predicted molar refractivity (Wildman–Crippen MR) is 76.3 cm³/mol. The Hall–Kier alpha value is -1.65. The minimum Gasteiger partial charge on any atom is -0.471 e. The van der Waals surface area contributed by atoms with E-state index in [-0.39, 0.29) is 12.0 Å². The van der Waals surface area contributed by atoms with Gasteiger partial charge in [-0.1, -0.05) is 20.3 Å². The van der Waals surface area contributed by atoms with Gasteiger partial charge >= 0.3 is 0 Å². The molecule has 20 heavy (non-hydrogen) atoms. The van der Waals surface area contributed by atoms with Gasteiger partial charge in [0, 0.05) is 25.4 Å². The highest BCUT2D eigenvalue weighted by Crippen LogP contribution is 2.18. The molecule has 2 unspecified atom stereocenters. The lowest BCUT2D eigenvalue weighted by Crippen LogP contribution is -2.44. The minimum atomic E-state index is 0.0290. The molecular weight excluding hydrogens is 254 g/mol. The molecule has 1 aromatic heterocycles.